The van der Waals surface area contributed by atoms with Crippen LogP contribution in [0.4, 0.5) is 4.39 Å². The van der Waals surface area contributed by atoms with Crippen molar-refractivity contribution in [3.63, 3.8) is 0 Å². The molecule has 0 aromatic heterocycles. The summed E-state index contributed by atoms with van der Waals surface area (Å²) in [6, 6.07) is 5.12. The minimum atomic E-state index is -0.384. The first-order chi connectivity index (χ1) is 9.61. The van der Waals surface area contributed by atoms with Crippen molar-refractivity contribution in [3.05, 3.63) is 29.6 Å². The Morgan fingerprint density at radius 3 is 2.95 bits per heavy atom. The molecule has 1 N–H and O–H groups in total. The average Bonchev–Trinajstić information content (AvgIpc) is 2.98. The van der Waals surface area contributed by atoms with Gasteiger partial charge in [-0.05, 0) is 37.1 Å². The maximum Gasteiger partial charge on any atom is 0.222 e. The average molecular weight is 280 g/mol. The lowest BCUT2D eigenvalue weighted by molar-refractivity contribution is -0.131. The monoisotopic (exact) mass is 280 g/mol. The quantitative estimate of drug-likeness (QED) is 0.890. The van der Waals surface area contributed by atoms with E-state index in [9.17, 15) is 9.18 Å². The van der Waals surface area contributed by atoms with E-state index in [0.717, 1.165) is 25.1 Å². The molecule has 20 heavy (non-hydrogen) atoms. The summed E-state index contributed by atoms with van der Waals surface area (Å²) in [5.74, 6) is -0.0463. The molecule has 1 atom stereocenters. The first-order valence-electron chi connectivity index (χ1n) is 6.90. The zero-order chi connectivity index (χ0) is 14.5. The first-order valence-corrected chi connectivity index (χ1v) is 6.90. The molecule has 5 heteroatoms. The van der Waals surface area contributed by atoms with Crippen molar-refractivity contribution in [1.29, 1.82) is 0 Å². The third-order valence-electron chi connectivity index (χ3n) is 3.82. The summed E-state index contributed by atoms with van der Waals surface area (Å²) >= 11 is 0. The van der Waals surface area contributed by atoms with E-state index in [1.165, 1.54) is 13.2 Å². The lowest BCUT2D eigenvalue weighted by Crippen LogP contribution is -2.38. The van der Waals surface area contributed by atoms with Crippen molar-refractivity contribution >= 4 is 5.91 Å². The van der Waals surface area contributed by atoms with Crippen LogP contribution in [0.2, 0.25) is 0 Å². The lowest BCUT2D eigenvalue weighted by Gasteiger charge is -2.23. The van der Waals surface area contributed by atoms with Crippen molar-refractivity contribution in [2.45, 2.75) is 25.3 Å². The Balaban J connectivity index is 1.88. The van der Waals surface area contributed by atoms with Gasteiger partial charge in [-0.2, -0.15) is 0 Å². The number of hydrogen-bond donors (Lipinski definition) is 1. The van der Waals surface area contributed by atoms with Gasteiger partial charge in [0.2, 0.25) is 5.91 Å². The Bertz CT molecular complexity index is 473. The van der Waals surface area contributed by atoms with Gasteiger partial charge in [0.15, 0.2) is 11.6 Å². The molecule has 1 unspecified atom stereocenters. The molecule has 1 amide bonds. The number of carbonyl (C=O) groups excluding carboxylic acids is 1. The van der Waals surface area contributed by atoms with E-state index in [4.69, 9.17) is 4.74 Å². The topological polar surface area (TPSA) is 41.6 Å². The van der Waals surface area contributed by atoms with E-state index in [1.807, 2.05) is 7.05 Å². The zero-order valence-electron chi connectivity index (χ0n) is 12.0. The Hall–Kier alpha value is -1.62. The van der Waals surface area contributed by atoms with Crippen LogP contribution >= 0.6 is 0 Å². The second-order valence-corrected chi connectivity index (χ2v) is 5.12. The van der Waals surface area contributed by atoms with Crippen molar-refractivity contribution in [1.82, 2.24) is 10.2 Å². The highest BCUT2D eigenvalue weighted by atomic mass is 19.1. The highest BCUT2D eigenvalue weighted by Crippen LogP contribution is 2.19. The molecule has 1 aromatic carbocycles. The first kappa shape index (κ1) is 14.8. The number of carbonyl (C=O) groups is 1. The molecule has 1 aromatic rings. The van der Waals surface area contributed by atoms with Gasteiger partial charge in [0, 0.05) is 26.1 Å². The van der Waals surface area contributed by atoms with E-state index < -0.39 is 0 Å². The van der Waals surface area contributed by atoms with Crippen LogP contribution in [0.15, 0.2) is 18.2 Å². The number of rotatable bonds is 5. The summed E-state index contributed by atoms with van der Waals surface area (Å²) in [4.78, 5) is 13.9. The van der Waals surface area contributed by atoms with Gasteiger partial charge < -0.3 is 15.0 Å². The Morgan fingerprint density at radius 2 is 2.35 bits per heavy atom. The molecule has 2 rings (SSSR count). The van der Waals surface area contributed by atoms with Gasteiger partial charge in [-0.3, -0.25) is 4.79 Å². The molecule has 1 aliphatic rings. The van der Waals surface area contributed by atoms with Crippen LogP contribution in [0.3, 0.4) is 0 Å². The molecule has 1 aliphatic heterocycles. The van der Waals surface area contributed by atoms with Gasteiger partial charge in [0.1, 0.15) is 0 Å². The molecule has 1 saturated heterocycles. The van der Waals surface area contributed by atoms with Gasteiger partial charge >= 0.3 is 0 Å². The van der Waals surface area contributed by atoms with Gasteiger partial charge in [-0.25, -0.2) is 4.39 Å². The number of methoxy groups -OCH3 is 1. The van der Waals surface area contributed by atoms with Gasteiger partial charge in [-0.15, -0.1) is 0 Å². The zero-order valence-corrected chi connectivity index (χ0v) is 12.0. The van der Waals surface area contributed by atoms with Crippen LogP contribution in [-0.2, 0) is 11.2 Å². The minimum Gasteiger partial charge on any atom is -0.494 e. The number of likely N-dealkylation sites (N-methyl/N-ethyl adjacent to an activating group) is 1. The molecule has 0 bridgehead atoms. The fraction of sp³-hybridized carbons (Fsp3) is 0.533. The summed E-state index contributed by atoms with van der Waals surface area (Å²) in [7, 11) is 3.28. The number of benzene rings is 1. The van der Waals surface area contributed by atoms with Crippen molar-refractivity contribution in [2.75, 3.05) is 27.2 Å². The normalized spacial score (nSPS) is 18.1. The fourth-order valence-electron chi connectivity index (χ4n) is 2.47. The maximum absolute atomic E-state index is 13.6. The third kappa shape index (κ3) is 3.48. The number of nitrogens with zero attached hydrogens (tertiary/aromatic N) is 1. The summed E-state index contributed by atoms with van der Waals surface area (Å²) in [5.41, 5.74) is 0.814. The number of amides is 1. The molecule has 4 nitrogen and oxygen atoms in total. The molecule has 1 heterocycles. The smallest absolute Gasteiger partial charge is 0.222 e. The van der Waals surface area contributed by atoms with Crippen LogP contribution in [0.1, 0.15) is 18.4 Å². The Morgan fingerprint density at radius 1 is 1.55 bits per heavy atom. The number of hydrogen-bond acceptors (Lipinski definition) is 3. The van der Waals surface area contributed by atoms with E-state index in [2.05, 4.69) is 5.32 Å². The molecular formula is C15H21FN2O2. The Labute approximate surface area is 118 Å². The summed E-state index contributed by atoms with van der Waals surface area (Å²) in [5, 5.41) is 3.24. The highest BCUT2D eigenvalue weighted by Gasteiger charge is 2.22. The van der Waals surface area contributed by atoms with E-state index in [0.29, 0.717) is 12.8 Å². The highest BCUT2D eigenvalue weighted by molar-refractivity contribution is 5.76. The number of aryl methyl sites for hydroxylation is 1. The molecule has 0 saturated carbocycles. The SMILES string of the molecule is COc1ccc(CCC(=O)N(C)C2CCNC2)cc1F. The Kier molecular flexibility index (Phi) is 4.95. The standard InChI is InChI=1S/C15H21FN2O2/c1-18(12-7-8-17-10-12)15(19)6-4-11-3-5-14(20-2)13(16)9-11/h3,5,9,12,17H,4,6-8,10H2,1-2H3. The van der Waals surface area contributed by atoms with Crippen molar-refractivity contribution < 1.29 is 13.9 Å². The maximum atomic E-state index is 13.6. The predicted octanol–water partition coefficient (Wildman–Crippen LogP) is 1.59. The van der Waals surface area contributed by atoms with Crippen LogP contribution in [0.5, 0.6) is 5.75 Å². The predicted molar refractivity (Wildman–Crippen MR) is 75.3 cm³/mol. The van der Waals surface area contributed by atoms with Gasteiger partial charge in [0.25, 0.3) is 0 Å². The molecule has 1 fully saturated rings. The second-order valence-electron chi connectivity index (χ2n) is 5.12. The van der Waals surface area contributed by atoms with Crippen molar-refractivity contribution in [3.8, 4) is 5.75 Å². The number of ether oxygens (including phenoxy) is 1. The molecule has 0 aliphatic carbocycles. The summed E-state index contributed by atoms with van der Waals surface area (Å²) < 4.78 is 18.4. The number of nitrogens with one attached hydrogen (secondary N) is 1. The summed E-state index contributed by atoms with van der Waals surface area (Å²) in [6.07, 6.45) is 1.95. The fourth-order valence-corrected chi connectivity index (χ4v) is 2.47. The molecule has 110 valence electrons. The van der Waals surface area contributed by atoms with E-state index in [1.54, 1.807) is 17.0 Å². The number of halogens is 1. The van der Waals surface area contributed by atoms with Crippen LogP contribution in [0, 0.1) is 5.82 Å². The summed E-state index contributed by atoms with van der Waals surface area (Å²) in [6.45, 7) is 1.82. The van der Waals surface area contributed by atoms with Crippen LogP contribution in [-0.4, -0.2) is 44.1 Å². The largest absolute Gasteiger partial charge is 0.494 e. The lowest BCUT2D eigenvalue weighted by atomic mass is 10.1. The van der Waals surface area contributed by atoms with Gasteiger partial charge in [-0.1, -0.05) is 6.07 Å². The third-order valence-corrected chi connectivity index (χ3v) is 3.82. The van der Waals surface area contributed by atoms with Crippen molar-refractivity contribution in [2.24, 2.45) is 0 Å². The molecular weight excluding hydrogens is 259 g/mol. The van der Waals surface area contributed by atoms with E-state index in [-0.39, 0.29) is 23.5 Å². The van der Waals surface area contributed by atoms with Crippen LogP contribution in [0.25, 0.3) is 0 Å². The van der Waals surface area contributed by atoms with E-state index >= 15 is 0 Å². The molecule has 0 spiro atoms. The minimum absolute atomic E-state index is 0.106. The molecule has 0 radical (unpaired) electrons. The van der Waals surface area contributed by atoms with Gasteiger partial charge in [0.05, 0.1) is 7.11 Å². The second kappa shape index (κ2) is 6.70. The van der Waals surface area contributed by atoms with Crippen LogP contribution < -0.4 is 10.1 Å².